The zero-order chi connectivity index (χ0) is 10.8. The molecule has 2 N–H and O–H groups in total. The van der Waals surface area contributed by atoms with Gasteiger partial charge in [0.25, 0.3) is 0 Å². The summed E-state index contributed by atoms with van der Waals surface area (Å²) in [6, 6.07) is 5.87. The van der Waals surface area contributed by atoms with Crippen molar-refractivity contribution in [2.24, 2.45) is 0 Å². The Morgan fingerprint density at radius 3 is 2.50 bits per heavy atom. The number of hydrogen-bond acceptors (Lipinski definition) is 2. The monoisotopic (exact) mass is 257 g/mol. The molecule has 1 rings (SSSR count). The molecule has 0 fully saturated rings. The van der Waals surface area contributed by atoms with E-state index in [4.69, 9.17) is 10.5 Å². The second-order valence-corrected chi connectivity index (χ2v) is 5.11. The summed E-state index contributed by atoms with van der Waals surface area (Å²) >= 11 is 3.35. The fourth-order valence-electron chi connectivity index (χ4n) is 0.983. The van der Waals surface area contributed by atoms with E-state index in [1.807, 2.05) is 39.0 Å². The van der Waals surface area contributed by atoms with Crippen LogP contribution in [-0.4, -0.2) is 5.60 Å². The number of benzene rings is 1. The van der Waals surface area contributed by atoms with Crippen LogP contribution in [0.2, 0.25) is 0 Å². The van der Waals surface area contributed by atoms with Gasteiger partial charge in [-0.05, 0) is 54.4 Å². The number of hydrogen-bond donors (Lipinski definition) is 1. The number of rotatable bonds is 2. The number of nitrogens with two attached hydrogens (primary N) is 1. The molecule has 0 aromatic heterocycles. The molecule has 0 heterocycles. The van der Waals surface area contributed by atoms with Crippen molar-refractivity contribution < 1.29 is 4.74 Å². The van der Waals surface area contributed by atoms with Crippen LogP contribution < -0.4 is 5.73 Å². The maximum absolute atomic E-state index is 5.76. The molecule has 2 nitrogen and oxygen atoms in total. The van der Waals surface area contributed by atoms with Crippen LogP contribution >= 0.6 is 15.9 Å². The molecule has 0 unspecified atom stereocenters. The normalized spacial score (nSPS) is 11.7. The summed E-state index contributed by atoms with van der Waals surface area (Å²) in [7, 11) is 0. The SMILES string of the molecule is CC(C)(C)OCc1ccc(Br)c(N)c1. The zero-order valence-electron chi connectivity index (χ0n) is 8.80. The lowest BCUT2D eigenvalue weighted by Gasteiger charge is -2.19. The van der Waals surface area contributed by atoms with Crippen LogP contribution in [0.3, 0.4) is 0 Å². The average Bonchev–Trinajstić information content (AvgIpc) is 2.06. The van der Waals surface area contributed by atoms with Gasteiger partial charge < -0.3 is 10.5 Å². The van der Waals surface area contributed by atoms with E-state index in [0.29, 0.717) is 6.61 Å². The molecule has 1 aromatic carbocycles. The lowest BCUT2D eigenvalue weighted by atomic mass is 10.1. The van der Waals surface area contributed by atoms with Gasteiger partial charge in [-0.3, -0.25) is 0 Å². The van der Waals surface area contributed by atoms with Gasteiger partial charge in [0, 0.05) is 10.2 Å². The van der Waals surface area contributed by atoms with Crippen molar-refractivity contribution in [1.82, 2.24) is 0 Å². The van der Waals surface area contributed by atoms with Crippen LogP contribution in [0, 0.1) is 0 Å². The van der Waals surface area contributed by atoms with Gasteiger partial charge in [0.05, 0.1) is 12.2 Å². The van der Waals surface area contributed by atoms with Crippen LogP contribution in [0.5, 0.6) is 0 Å². The molecule has 0 saturated heterocycles. The highest BCUT2D eigenvalue weighted by atomic mass is 79.9. The molecular formula is C11H16BrNO. The van der Waals surface area contributed by atoms with Gasteiger partial charge in [-0.1, -0.05) is 6.07 Å². The van der Waals surface area contributed by atoms with Gasteiger partial charge in [-0.25, -0.2) is 0 Å². The van der Waals surface area contributed by atoms with Gasteiger partial charge in [-0.2, -0.15) is 0 Å². The largest absolute Gasteiger partial charge is 0.398 e. The predicted molar refractivity (Wildman–Crippen MR) is 63.1 cm³/mol. The van der Waals surface area contributed by atoms with E-state index >= 15 is 0 Å². The molecule has 1 aromatic rings. The van der Waals surface area contributed by atoms with Crippen molar-refractivity contribution in [2.45, 2.75) is 33.0 Å². The molecule has 0 aliphatic heterocycles. The highest BCUT2D eigenvalue weighted by Gasteiger charge is 2.10. The minimum Gasteiger partial charge on any atom is -0.398 e. The molecule has 0 saturated carbocycles. The topological polar surface area (TPSA) is 35.2 Å². The van der Waals surface area contributed by atoms with E-state index in [1.165, 1.54) is 0 Å². The summed E-state index contributed by atoms with van der Waals surface area (Å²) < 4.78 is 6.57. The Morgan fingerprint density at radius 1 is 1.36 bits per heavy atom. The molecule has 78 valence electrons. The molecule has 0 atom stereocenters. The predicted octanol–water partition coefficient (Wildman–Crippen LogP) is 3.35. The van der Waals surface area contributed by atoms with Gasteiger partial charge in [-0.15, -0.1) is 0 Å². The second-order valence-electron chi connectivity index (χ2n) is 4.26. The summed E-state index contributed by atoms with van der Waals surface area (Å²) in [5, 5.41) is 0. The number of ether oxygens (including phenoxy) is 1. The first-order chi connectivity index (χ1) is 6.38. The van der Waals surface area contributed by atoms with E-state index in [9.17, 15) is 0 Å². The van der Waals surface area contributed by atoms with Crippen LogP contribution in [0.4, 0.5) is 5.69 Å². The quantitative estimate of drug-likeness (QED) is 0.825. The minimum absolute atomic E-state index is 0.109. The number of anilines is 1. The van der Waals surface area contributed by atoms with E-state index in [0.717, 1.165) is 15.7 Å². The fraction of sp³-hybridized carbons (Fsp3) is 0.455. The summed E-state index contributed by atoms with van der Waals surface area (Å²) in [4.78, 5) is 0. The number of nitrogen functional groups attached to an aromatic ring is 1. The van der Waals surface area contributed by atoms with Gasteiger partial charge in [0.2, 0.25) is 0 Å². The lowest BCUT2D eigenvalue weighted by molar-refractivity contribution is -0.0149. The van der Waals surface area contributed by atoms with Gasteiger partial charge in [0.15, 0.2) is 0 Å². The standard InChI is InChI=1S/C11H16BrNO/c1-11(2,3)14-7-8-4-5-9(12)10(13)6-8/h4-6H,7,13H2,1-3H3. The summed E-state index contributed by atoms with van der Waals surface area (Å²) in [5.74, 6) is 0. The van der Waals surface area contributed by atoms with Crippen LogP contribution in [0.15, 0.2) is 22.7 Å². The zero-order valence-corrected chi connectivity index (χ0v) is 10.4. The van der Waals surface area contributed by atoms with E-state index in [-0.39, 0.29) is 5.60 Å². The first-order valence-electron chi connectivity index (χ1n) is 4.56. The molecule has 14 heavy (non-hydrogen) atoms. The molecule has 0 aliphatic carbocycles. The molecule has 0 spiro atoms. The Labute approximate surface area is 93.6 Å². The highest BCUT2D eigenvalue weighted by Crippen LogP contribution is 2.21. The van der Waals surface area contributed by atoms with Crippen molar-refractivity contribution in [3.63, 3.8) is 0 Å². The Kier molecular flexibility index (Phi) is 3.56. The molecule has 0 amide bonds. The van der Waals surface area contributed by atoms with E-state index < -0.39 is 0 Å². The average molecular weight is 258 g/mol. The first kappa shape index (κ1) is 11.5. The van der Waals surface area contributed by atoms with Crippen LogP contribution in [0.25, 0.3) is 0 Å². The highest BCUT2D eigenvalue weighted by molar-refractivity contribution is 9.10. The molecule has 0 bridgehead atoms. The van der Waals surface area contributed by atoms with E-state index in [1.54, 1.807) is 0 Å². The smallest absolute Gasteiger partial charge is 0.0724 e. The van der Waals surface area contributed by atoms with Gasteiger partial charge >= 0.3 is 0 Å². The lowest BCUT2D eigenvalue weighted by Crippen LogP contribution is -2.18. The summed E-state index contributed by atoms with van der Waals surface area (Å²) in [5.41, 5.74) is 7.50. The Hall–Kier alpha value is -0.540. The van der Waals surface area contributed by atoms with Crippen molar-refractivity contribution >= 4 is 21.6 Å². The van der Waals surface area contributed by atoms with Crippen molar-refractivity contribution in [3.05, 3.63) is 28.2 Å². The van der Waals surface area contributed by atoms with Crippen LogP contribution in [0.1, 0.15) is 26.3 Å². The van der Waals surface area contributed by atoms with Crippen molar-refractivity contribution in [1.29, 1.82) is 0 Å². The first-order valence-corrected chi connectivity index (χ1v) is 5.36. The Bertz CT molecular complexity index is 318. The molecule has 0 aliphatic rings. The molecular weight excluding hydrogens is 242 g/mol. The summed E-state index contributed by atoms with van der Waals surface area (Å²) in [6.07, 6.45) is 0. The minimum atomic E-state index is -0.109. The molecule has 0 radical (unpaired) electrons. The summed E-state index contributed by atoms with van der Waals surface area (Å²) in [6.45, 7) is 6.71. The fourth-order valence-corrected chi connectivity index (χ4v) is 1.23. The number of halogens is 1. The van der Waals surface area contributed by atoms with Gasteiger partial charge in [0.1, 0.15) is 0 Å². The third-order valence-corrected chi connectivity index (χ3v) is 2.45. The Balaban J connectivity index is 2.65. The maximum Gasteiger partial charge on any atom is 0.0724 e. The van der Waals surface area contributed by atoms with Crippen molar-refractivity contribution in [2.75, 3.05) is 5.73 Å². The maximum atomic E-state index is 5.76. The van der Waals surface area contributed by atoms with Crippen molar-refractivity contribution in [3.8, 4) is 0 Å². The third kappa shape index (κ3) is 3.68. The third-order valence-electron chi connectivity index (χ3n) is 1.73. The second kappa shape index (κ2) is 4.32. The Morgan fingerprint density at radius 2 is 2.00 bits per heavy atom. The van der Waals surface area contributed by atoms with E-state index in [2.05, 4.69) is 15.9 Å². The van der Waals surface area contributed by atoms with Crippen LogP contribution in [-0.2, 0) is 11.3 Å². The molecule has 3 heteroatoms.